The first-order chi connectivity index (χ1) is 7.72. The van der Waals surface area contributed by atoms with Gasteiger partial charge in [-0.15, -0.1) is 0 Å². The Bertz CT molecular complexity index is 250. The molecule has 0 saturated carbocycles. The van der Waals surface area contributed by atoms with Gasteiger partial charge in [0.1, 0.15) is 0 Å². The Morgan fingerprint density at radius 1 is 1.50 bits per heavy atom. The van der Waals surface area contributed by atoms with Crippen molar-refractivity contribution in [3.8, 4) is 0 Å². The minimum Gasteiger partial charge on any atom is -0.342 e. The molecule has 0 aromatic carbocycles. The first-order valence-corrected chi connectivity index (χ1v) is 6.72. The number of amides is 1. The fourth-order valence-electron chi connectivity index (χ4n) is 2.75. The average Bonchev–Trinajstić information content (AvgIpc) is 2.25. The van der Waals surface area contributed by atoms with Gasteiger partial charge in [-0.2, -0.15) is 0 Å². The first kappa shape index (κ1) is 11.9. The lowest BCUT2D eigenvalue weighted by atomic mass is 9.86. The molecule has 0 spiro atoms. The van der Waals surface area contributed by atoms with E-state index in [1.165, 1.54) is 19.3 Å². The molecule has 0 aromatic rings. The quantitative estimate of drug-likeness (QED) is 0.788. The van der Waals surface area contributed by atoms with Crippen LogP contribution in [0.1, 0.15) is 33.1 Å². The van der Waals surface area contributed by atoms with E-state index in [4.69, 9.17) is 0 Å². The largest absolute Gasteiger partial charge is 0.342 e. The fourth-order valence-corrected chi connectivity index (χ4v) is 2.75. The van der Waals surface area contributed by atoms with Gasteiger partial charge in [-0.3, -0.25) is 4.79 Å². The molecule has 1 amide bonds. The second-order valence-electron chi connectivity index (χ2n) is 5.41. The van der Waals surface area contributed by atoms with E-state index in [9.17, 15) is 4.79 Å². The molecular formula is C13H24N2O. The van der Waals surface area contributed by atoms with Gasteiger partial charge >= 0.3 is 0 Å². The molecule has 0 aliphatic carbocycles. The van der Waals surface area contributed by atoms with Gasteiger partial charge in [0, 0.05) is 19.0 Å². The van der Waals surface area contributed by atoms with E-state index in [2.05, 4.69) is 24.1 Å². The summed E-state index contributed by atoms with van der Waals surface area (Å²) in [6.45, 7) is 8.37. The number of likely N-dealkylation sites (tertiary alicyclic amines) is 1. The lowest BCUT2D eigenvalue weighted by Crippen LogP contribution is -2.51. The highest BCUT2D eigenvalue weighted by atomic mass is 16.2. The molecule has 16 heavy (non-hydrogen) atoms. The maximum Gasteiger partial charge on any atom is 0.225 e. The predicted molar refractivity (Wildman–Crippen MR) is 65.1 cm³/mol. The zero-order valence-electron chi connectivity index (χ0n) is 10.5. The zero-order valence-corrected chi connectivity index (χ0v) is 10.5. The standard InChI is InChI=1S/C13H24N2O/c1-3-11-5-4-6-15(9-11)13(16)10(2)12-7-14-8-12/h10-12,14H,3-9H2,1-2H3. The van der Waals surface area contributed by atoms with E-state index in [1.54, 1.807) is 0 Å². The Kier molecular flexibility index (Phi) is 3.85. The van der Waals surface area contributed by atoms with Crippen LogP contribution >= 0.6 is 0 Å². The van der Waals surface area contributed by atoms with Crippen molar-refractivity contribution >= 4 is 5.91 Å². The van der Waals surface area contributed by atoms with Crippen LogP contribution in [-0.4, -0.2) is 37.0 Å². The normalized spacial score (nSPS) is 28.6. The van der Waals surface area contributed by atoms with Gasteiger partial charge in [0.2, 0.25) is 5.91 Å². The number of carbonyl (C=O) groups is 1. The van der Waals surface area contributed by atoms with Crippen LogP contribution in [0.4, 0.5) is 0 Å². The predicted octanol–water partition coefficient (Wildman–Crippen LogP) is 1.49. The van der Waals surface area contributed by atoms with Crippen LogP contribution in [0, 0.1) is 17.8 Å². The maximum absolute atomic E-state index is 12.3. The van der Waals surface area contributed by atoms with Crippen molar-refractivity contribution in [2.75, 3.05) is 26.2 Å². The molecule has 2 rings (SSSR count). The lowest BCUT2D eigenvalue weighted by molar-refractivity contribution is -0.139. The molecule has 1 N–H and O–H groups in total. The molecule has 2 heterocycles. The Morgan fingerprint density at radius 3 is 2.81 bits per heavy atom. The third kappa shape index (κ3) is 2.40. The average molecular weight is 224 g/mol. The number of carbonyl (C=O) groups excluding carboxylic acids is 1. The van der Waals surface area contributed by atoms with Crippen LogP contribution in [0.3, 0.4) is 0 Å². The summed E-state index contributed by atoms with van der Waals surface area (Å²) < 4.78 is 0. The van der Waals surface area contributed by atoms with Crippen LogP contribution in [0.5, 0.6) is 0 Å². The van der Waals surface area contributed by atoms with Crippen molar-refractivity contribution in [1.82, 2.24) is 10.2 Å². The SMILES string of the molecule is CCC1CCCN(C(=O)C(C)C2CNC2)C1. The zero-order chi connectivity index (χ0) is 11.5. The highest BCUT2D eigenvalue weighted by Crippen LogP contribution is 2.24. The van der Waals surface area contributed by atoms with Gasteiger partial charge in [0.05, 0.1) is 0 Å². The van der Waals surface area contributed by atoms with Crippen LogP contribution < -0.4 is 5.32 Å². The second kappa shape index (κ2) is 5.17. The minimum absolute atomic E-state index is 0.219. The van der Waals surface area contributed by atoms with Gasteiger partial charge in [0.25, 0.3) is 0 Å². The number of hydrogen-bond acceptors (Lipinski definition) is 2. The molecule has 0 aromatic heterocycles. The molecule has 0 radical (unpaired) electrons. The molecule has 2 fully saturated rings. The second-order valence-corrected chi connectivity index (χ2v) is 5.41. The molecule has 3 heteroatoms. The van der Waals surface area contributed by atoms with E-state index in [0.29, 0.717) is 11.8 Å². The Morgan fingerprint density at radius 2 is 2.25 bits per heavy atom. The molecule has 2 aliphatic rings. The third-order valence-corrected chi connectivity index (χ3v) is 4.32. The fraction of sp³-hybridized carbons (Fsp3) is 0.923. The van der Waals surface area contributed by atoms with Crippen LogP contribution in [0.2, 0.25) is 0 Å². The Balaban J connectivity index is 1.87. The molecule has 2 atom stereocenters. The molecule has 2 saturated heterocycles. The summed E-state index contributed by atoms with van der Waals surface area (Å²) in [5, 5.41) is 3.25. The lowest BCUT2D eigenvalue weighted by Gasteiger charge is -2.38. The molecule has 2 unspecified atom stereocenters. The summed E-state index contributed by atoms with van der Waals surface area (Å²) in [6, 6.07) is 0. The first-order valence-electron chi connectivity index (χ1n) is 6.72. The topological polar surface area (TPSA) is 32.3 Å². The summed E-state index contributed by atoms with van der Waals surface area (Å²) in [7, 11) is 0. The van der Waals surface area contributed by atoms with Crippen molar-refractivity contribution in [3.05, 3.63) is 0 Å². The van der Waals surface area contributed by atoms with Crippen molar-refractivity contribution < 1.29 is 4.79 Å². The minimum atomic E-state index is 0.219. The van der Waals surface area contributed by atoms with Crippen molar-refractivity contribution in [2.24, 2.45) is 17.8 Å². The van der Waals surface area contributed by atoms with E-state index >= 15 is 0 Å². The van der Waals surface area contributed by atoms with Gasteiger partial charge in [-0.25, -0.2) is 0 Å². The van der Waals surface area contributed by atoms with Crippen LogP contribution in [0.15, 0.2) is 0 Å². The molecule has 2 aliphatic heterocycles. The van der Waals surface area contributed by atoms with Crippen molar-refractivity contribution in [3.63, 3.8) is 0 Å². The Hall–Kier alpha value is -0.570. The van der Waals surface area contributed by atoms with E-state index < -0.39 is 0 Å². The summed E-state index contributed by atoms with van der Waals surface area (Å²) in [5.41, 5.74) is 0. The van der Waals surface area contributed by atoms with Gasteiger partial charge < -0.3 is 10.2 Å². The Labute approximate surface area is 98.6 Å². The number of piperidine rings is 1. The smallest absolute Gasteiger partial charge is 0.225 e. The van der Waals surface area contributed by atoms with Crippen molar-refractivity contribution in [2.45, 2.75) is 33.1 Å². The van der Waals surface area contributed by atoms with E-state index in [1.807, 2.05) is 0 Å². The third-order valence-electron chi connectivity index (χ3n) is 4.32. The van der Waals surface area contributed by atoms with Gasteiger partial charge in [-0.1, -0.05) is 20.3 Å². The summed E-state index contributed by atoms with van der Waals surface area (Å²) in [5.74, 6) is 1.93. The van der Waals surface area contributed by atoms with E-state index in [-0.39, 0.29) is 5.92 Å². The molecule has 92 valence electrons. The monoisotopic (exact) mass is 224 g/mol. The summed E-state index contributed by atoms with van der Waals surface area (Å²) in [6.07, 6.45) is 3.71. The molecule has 0 bridgehead atoms. The molecular weight excluding hydrogens is 200 g/mol. The summed E-state index contributed by atoms with van der Waals surface area (Å²) in [4.78, 5) is 14.4. The van der Waals surface area contributed by atoms with Gasteiger partial charge in [-0.05, 0) is 37.8 Å². The van der Waals surface area contributed by atoms with Crippen LogP contribution in [0.25, 0.3) is 0 Å². The summed E-state index contributed by atoms with van der Waals surface area (Å²) >= 11 is 0. The number of rotatable bonds is 3. The number of nitrogens with zero attached hydrogens (tertiary/aromatic N) is 1. The highest BCUT2D eigenvalue weighted by molar-refractivity contribution is 5.79. The van der Waals surface area contributed by atoms with E-state index in [0.717, 1.165) is 32.1 Å². The maximum atomic E-state index is 12.3. The molecule has 3 nitrogen and oxygen atoms in total. The number of hydrogen-bond donors (Lipinski definition) is 1. The van der Waals surface area contributed by atoms with Crippen molar-refractivity contribution in [1.29, 1.82) is 0 Å². The van der Waals surface area contributed by atoms with Gasteiger partial charge in [0.15, 0.2) is 0 Å². The van der Waals surface area contributed by atoms with Crippen LogP contribution in [-0.2, 0) is 4.79 Å². The number of nitrogens with one attached hydrogen (secondary N) is 1. The highest BCUT2D eigenvalue weighted by Gasteiger charge is 2.33.